The molecule has 0 saturated heterocycles. The Bertz CT molecular complexity index is 1730. The van der Waals surface area contributed by atoms with Crippen molar-refractivity contribution < 1.29 is 23.4 Å². The average Bonchev–Trinajstić information content (AvgIpc) is 3.40. The number of aryl methyl sites for hydroxylation is 3. The normalized spacial score (nSPS) is 18.3. The minimum Gasteiger partial charge on any atom is -0.472 e. The van der Waals surface area contributed by atoms with Gasteiger partial charge in [0.05, 0.1) is 12.1 Å². The van der Waals surface area contributed by atoms with Crippen molar-refractivity contribution in [2.75, 3.05) is 6.54 Å². The highest BCUT2D eigenvalue weighted by molar-refractivity contribution is 8.22. The number of carbonyl (C=O) groups excluding carboxylic acids is 2. The smallest absolute Gasteiger partial charge is 0.239 e. The number of benzene rings is 2. The highest BCUT2D eigenvalue weighted by Gasteiger charge is 2.36. The molecule has 13 heteroatoms. The van der Waals surface area contributed by atoms with Crippen LogP contribution in [0.15, 0.2) is 53.6 Å². The van der Waals surface area contributed by atoms with E-state index >= 15 is 0 Å². The van der Waals surface area contributed by atoms with Crippen molar-refractivity contribution in [2.24, 2.45) is 5.73 Å². The lowest BCUT2D eigenvalue weighted by molar-refractivity contribution is -0.127. The molecule has 240 valence electrons. The second kappa shape index (κ2) is 13.1. The zero-order chi connectivity index (χ0) is 32.5. The molecular formula is C32H41N7O5S. The van der Waals surface area contributed by atoms with Crippen molar-refractivity contribution in [2.45, 2.75) is 83.5 Å². The number of ether oxygens (including phenoxy) is 1. The summed E-state index contributed by atoms with van der Waals surface area (Å²) in [4.78, 5) is 29.5. The van der Waals surface area contributed by atoms with E-state index in [4.69, 9.17) is 10.5 Å². The summed E-state index contributed by atoms with van der Waals surface area (Å²) < 4.78 is 32.6. The Labute approximate surface area is 264 Å². The van der Waals surface area contributed by atoms with Crippen molar-refractivity contribution in [3.63, 3.8) is 0 Å². The van der Waals surface area contributed by atoms with Gasteiger partial charge in [0.15, 0.2) is 0 Å². The second-order valence-corrected chi connectivity index (χ2v) is 13.5. The summed E-state index contributed by atoms with van der Waals surface area (Å²) in [6.45, 7) is 10.7. The van der Waals surface area contributed by atoms with Crippen LogP contribution in [0.25, 0.3) is 11.0 Å². The summed E-state index contributed by atoms with van der Waals surface area (Å²) in [6.07, 6.45) is 2.00. The second-order valence-electron chi connectivity index (χ2n) is 11.5. The Balaban J connectivity index is 1.55. The maximum absolute atomic E-state index is 13.3. The first-order valence-corrected chi connectivity index (χ1v) is 16.6. The van der Waals surface area contributed by atoms with Gasteiger partial charge in [-0.15, -0.1) is 15.9 Å². The Morgan fingerprint density at radius 3 is 2.67 bits per heavy atom. The average molecular weight is 636 g/mol. The molecule has 1 aliphatic rings. The summed E-state index contributed by atoms with van der Waals surface area (Å²) in [5.74, 6) is -1.10. The van der Waals surface area contributed by atoms with Gasteiger partial charge in [-0.1, -0.05) is 36.4 Å². The van der Waals surface area contributed by atoms with Gasteiger partial charge >= 0.3 is 0 Å². The predicted octanol–water partition coefficient (Wildman–Crippen LogP) is 4.67. The van der Waals surface area contributed by atoms with Crippen LogP contribution < -0.4 is 15.8 Å². The van der Waals surface area contributed by atoms with Gasteiger partial charge in [0, 0.05) is 31.6 Å². The largest absolute Gasteiger partial charge is 0.472 e. The van der Waals surface area contributed by atoms with E-state index in [1.54, 1.807) is 29.6 Å². The van der Waals surface area contributed by atoms with Crippen molar-refractivity contribution >= 4 is 33.6 Å². The number of hydrogen-bond acceptors (Lipinski definition) is 9. The van der Waals surface area contributed by atoms with E-state index in [1.165, 1.54) is 0 Å². The third kappa shape index (κ3) is 6.52. The van der Waals surface area contributed by atoms with Gasteiger partial charge in [0.2, 0.25) is 17.7 Å². The van der Waals surface area contributed by atoms with E-state index in [0.717, 1.165) is 38.9 Å². The molecule has 1 aliphatic heterocycles. The van der Waals surface area contributed by atoms with Gasteiger partial charge in [-0.05, 0) is 80.1 Å². The molecule has 0 aliphatic carbocycles. The van der Waals surface area contributed by atoms with E-state index in [-0.39, 0.29) is 35.8 Å². The topological polar surface area (TPSA) is 169 Å². The van der Waals surface area contributed by atoms with Crippen molar-refractivity contribution in [3.05, 3.63) is 76.5 Å². The number of rotatable bonds is 10. The van der Waals surface area contributed by atoms with Gasteiger partial charge in [0.25, 0.3) is 0 Å². The summed E-state index contributed by atoms with van der Waals surface area (Å²) in [5.41, 5.74) is 11.6. The first-order valence-electron chi connectivity index (χ1n) is 15.1. The molecule has 0 radical (unpaired) electrons. The lowest BCUT2D eigenvalue weighted by Crippen LogP contribution is -2.42. The molecule has 12 nitrogen and oxygen atoms in total. The maximum Gasteiger partial charge on any atom is 0.239 e. The zero-order valence-electron chi connectivity index (χ0n) is 26.2. The quantitative estimate of drug-likeness (QED) is 0.193. The summed E-state index contributed by atoms with van der Waals surface area (Å²) in [6, 6.07) is 12.4. The number of hydrogen-bond donors (Lipinski definition) is 4. The summed E-state index contributed by atoms with van der Waals surface area (Å²) >= 11 is 0. The van der Waals surface area contributed by atoms with E-state index in [0.29, 0.717) is 19.5 Å². The fraction of sp³-hybridized carbons (Fsp3) is 0.406. The summed E-state index contributed by atoms with van der Waals surface area (Å²) in [5, 5.41) is 11.4. The number of primary amides is 1. The summed E-state index contributed by atoms with van der Waals surface area (Å²) in [7, 11) is -3.41. The maximum atomic E-state index is 13.3. The van der Waals surface area contributed by atoms with E-state index < -0.39 is 28.6 Å². The highest BCUT2D eigenvalue weighted by Crippen LogP contribution is 2.57. The van der Waals surface area contributed by atoms with E-state index in [9.17, 15) is 18.7 Å². The minimum atomic E-state index is -3.41. The molecule has 0 bridgehead atoms. The number of nitrogens with two attached hydrogens (primary N) is 1. The Morgan fingerprint density at radius 1 is 1.18 bits per heavy atom. The predicted molar refractivity (Wildman–Crippen MR) is 173 cm³/mol. The standard InChI is InChI=1S/C32H41N7O5S/c1-6-24-18-38(45(42,43)28-9-8-14-34-32(28)44-24)17-23-15-22(11-10-19(23)3)26(16-29(40)35-21(5)31(33)41)25-12-13-27-30(20(25)4)36-37-39(27)7-2/h8-15,21,24,26,42-43H,6-7,16-18H2,1-5H3,(H2,33,41)(H,35,40)/t21?,24-,26+/m1/s1. The van der Waals surface area contributed by atoms with Crippen LogP contribution in [-0.2, 0) is 22.7 Å². The molecule has 3 heterocycles. The van der Waals surface area contributed by atoms with Gasteiger partial charge in [-0.3, -0.25) is 18.7 Å². The van der Waals surface area contributed by atoms with Crippen LogP contribution in [0.4, 0.5) is 0 Å². The van der Waals surface area contributed by atoms with Crippen molar-refractivity contribution in [3.8, 4) is 5.88 Å². The van der Waals surface area contributed by atoms with Crippen LogP contribution in [-0.4, -0.2) is 63.9 Å². The number of nitrogens with zero attached hydrogens (tertiary/aromatic N) is 5. The number of nitrogens with one attached hydrogen (secondary N) is 1. The third-order valence-corrected chi connectivity index (χ3v) is 10.4. The molecule has 0 fully saturated rings. The van der Waals surface area contributed by atoms with Gasteiger partial charge in [-0.25, -0.2) is 9.67 Å². The number of pyridine rings is 1. The molecule has 5 N–H and O–H groups in total. The molecule has 5 rings (SSSR count). The van der Waals surface area contributed by atoms with Crippen LogP contribution in [0.1, 0.15) is 67.3 Å². The van der Waals surface area contributed by atoms with Crippen molar-refractivity contribution in [1.82, 2.24) is 29.6 Å². The monoisotopic (exact) mass is 635 g/mol. The van der Waals surface area contributed by atoms with Crippen LogP contribution in [0.5, 0.6) is 5.88 Å². The van der Waals surface area contributed by atoms with E-state index in [1.807, 2.05) is 62.7 Å². The molecule has 2 aromatic carbocycles. The Kier molecular flexibility index (Phi) is 9.44. The molecule has 3 atom stereocenters. The van der Waals surface area contributed by atoms with E-state index in [2.05, 4.69) is 20.6 Å². The molecule has 2 amide bonds. The SMILES string of the molecule is CC[C@@H]1CN(Cc2cc([C@H](CC(=O)NC(C)C(N)=O)c3ccc4c(nnn4CC)c3C)ccc2C)S(O)(O)c2cccnc2O1. The fourth-order valence-electron chi connectivity index (χ4n) is 5.73. The lowest BCUT2D eigenvalue weighted by atomic mass is 9.84. The molecule has 1 unspecified atom stereocenters. The lowest BCUT2D eigenvalue weighted by Gasteiger charge is -2.41. The Hall–Kier alpha value is -4.04. The van der Waals surface area contributed by atoms with Gasteiger partial charge in [0.1, 0.15) is 22.6 Å². The molecular weight excluding hydrogens is 594 g/mol. The Morgan fingerprint density at radius 2 is 1.96 bits per heavy atom. The zero-order valence-corrected chi connectivity index (χ0v) is 27.0. The van der Waals surface area contributed by atoms with Crippen LogP contribution in [0.3, 0.4) is 0 Å². The van der Waals surface area contributed by atoms with Crippen LogP contribution in [0.2, 0.25) is 0 Å². The van der Waals surface area contributed by atoms with Gasteiger partial charge < -0.3 is 15.8 Å². The molecule has 2 aromatic heterocycles. The molecule has 45 heavy (non-hydrogen) atoms. The molecule has 0 saturated carbocycles. The van der Waals surface area contributed by atoms with Crippen LogP contribution >= 0.6 is 10.8 Å². The molecule has 4 aromatic rings. The first kappa shape index (κ1) is 32.4. The minimum absolute atomic E-state index is 0.0536. The fourth-order valence-corrected chi connectivity index (χ4v) is 7.30. The number of carbonyl (C=O) groups is 2. The number of fused-ring (bicyclic) bond motifs is 2. The number of aromatic nitrogens is 4. The number of amides is 2. The molecule has 0 spiro atoms. The van der Waals surface area contributed by atoms with Gasteiger partial charge in [-0.2, -0.15) is 4.31 Å². The van der Waals surface area contributed by atoms with Crippen LogP contribution in [0, 0.1) is 13.8 Å². The third-order valence-electron chi connectivity index (χ3n) is 8.51. The first-order chi connectivity index (χ1) is 21.4. The van der Waals surface area contributed by atoms with Crippen molar-refractivity contribution in [1.29, 1.82) is 0 Å². The highest BCUT2D eigenvalue weighted by atomic mass is 32.3.